The Kier molecular flexibility index (Phi) is 5.49. The highest BCUT2D eigenvalue weighted by Crippen LogP contribution is 2.27. The van der Waals surface area contributed by atoms with Crippen LogP contribution in [0.1, 0.15) is 43.2 Å². The normalized spacial score (nSPS) is 17.1. The van der Waals surface area contributed by atoms with E-state index in [0.29, 0.717) is 21.7 Å². The molecule has 1 saturated heterocycles. The Morgan fingerprint density at radius 3 is 2.54 bits per heavy atom. The van der Waals surface area contributed by atoms with E-state index >= 15 is 0 Å². The molecule has 0 bridgehead atoms. The predicted molar refractivity (Wildman–Crippen MR) is 114 cm³/mol. The Balaban J connectivity index is 1.62. The van der Waals surface area contributed by atoms with Gasteiger partial charge in [-0.1, -0.05) is 48.0 Å². The van der Waals surface area contributed by atoms with Crippen LogP contribution in [0.4, 0.5) is 0 Å². The molecular weight excluding hydrogens is 372 g/mol. The van der Waals surface area contributed by atoms with E-state index in [9.17, 15) is 4.79 Å². The number of aromatic nitrogens is 2. The van der Waals surface area contributed by atoms with Crippen molar-refractivity contribution in [2.24, 2.45) is 5.73 Å². The van der Waals surface area contributed by atoms with Gasteiger partial charge in [-0.05, 0) is 37.5 Å². The molecular formula is C22H25ClN4O. The molecule has 0 amide bonds. The van der Waals surface area contributed by atoms with Crippen molar-refractivity contribution in [2.75, 3.05) is 13.1 Å². The van der Waals surface area contributed by atoms with E-state index in [1.807, 2.05) is 25.1 Å². The lowest BCUT2D eigenvalue weighted by molar-refractivity contribution is 0.175. The molecule has 5 nitrogen and oxygen atoms in total. The average molecular weight is 397 g/mol. The van der Waals surface area contributed by atoms with Crippen molar-refractivity contribution in [3.63, 3.8) is 0 Å². The predicted octanol–water partition coefficient (Wildman–Crippen LogP) is 3.91. The quantitative estimate of drug-likeness (QED) is 0.726. The minimum absolute atomic E-state index is 0.0793. The summed E-state index contributed by atoms with van der Waals surface area (Å²) in [7, 11) is 0. The first-order valence-corrected chi connectivity index (χ1v) is 10.1. The maximum atomic E-state index is 13.3. The van der Waals surface area contributed by atoms with E-state index in [1.165, 1.54) is 5.56 Å². The molecule has 0 radical (unpaired) electrons. The van der Waals surface area contributed by atoms with Gasteiger partial charge in [-0.3, -0.25) is 14.3 Å². The third-order valence-electron chi connectivity index (χ3n) is 5.48. The molecule has 4 rings (SSSR count). The highest BCUT2D eigenvalue weighted by molar-refractivity contribution is 6.35. The molecule has 6 heteroatoms. The fourth-order valence-electron chi connectivity index (χ4n) is 4.07. The fraction of sp³-hybridized carbons (Fsp3) is 0.364. The molecule has 0 spiro atoms. The first-order chi connectivity index (χ1) is 13.5. The van der Waals surface area contributed by atoms with Gasteiger partial charge in [0.05, 0.1) is 22.0 Å². The number of nitrogens with zero attached hydrogens (tertiary/aromatic N) is 3. The van der Waals surface area contributed by atoms with Crippen molar-refractivity contribution in [1.29, 1.82) is 0 Å². The third kappa shape index (κ3) is 3.70. The fourth-order valence-corrected chi connectivity index (χ4v) is 4.32. The molecule has 0 unspecified atom stereocenters. The number of rotatable bonds is 4. The molecule has 1 fully saturated rings. The van der Waals surface area contributed by atoms with Crippen molar-refractivity contribution in [3.05, 3.63) is 75.3 Å². The highest BCUT2D eigenvalue weighted by Gasteiger charge is 2.26. The van der Waals surface area contributed by atoms with Crippen LogP contribution in [0.15, 0.2) is 53.3 Å². The maximum Gasteiger partial charge on any atom is 0.263 e. The maximum absolute atomic E-state index is 13.3. The van der Waals surface area contributed by atoms with E-state index < -0.39 is 0 Å². The minimum atomic E-state index is -0.321. The number of hydrogen-bond acceptors (Lipinski definition) is 4. The molecule has 28 heavy (non-hydrogen) atoms. The molecule has 1 aliphatic rings. The lowest BCUT2D eigenvalue weighted by Crippen LogP contribution is -2.39. The second-order valence-electron chi connectivity index (χ2n) is 7.56. The van der Waals surface area contributed by atoms with Crippen molar-refractivity contribution in [2.45, 2.75) is 38.4 Å². The first kappa shape index (κ1) is 19.1. The molecule has 1 aliphatic heterocycles. The zero-order chi connectivity index (χ0) is 19.7. The molecule has 2 heterocycles. The Labute approximate surface area is 169 Å². The molecule has 0 saturated carbocycles. The van der Waals surface area contributed by atoms with Gasteiger partial charge in [0, 0.05) is 25.7 Å². The molecule has 2 N–H and O–H groups in total. The van der Waals surface area contributed by atoms with Crippen LogP contribution < -0.4 is 11.3 Å². The van der Waals surface area contributed by atoms with Crippen LogP contribution >= 0.6 is 11.6 Å². The Bertz CT molecular complexity index is 1020. The molecule has 3 aromatic rings. The van der Waals surface area contributed by atoms with Crippen molar-refractivity contribution in [1.82, 2.24) is 14.5 Å². The number of nitrogens with two attached hydrogens (primary N) is 1. The summed E-state index contributed by atoms with van der Waals surface area (Å²) in [5, 5.41) is 0.932. The number of fused-ring (bicyclic) bond motifs is 1. The molecule has 1 atom stereocenters. The van der Waals surface area contributed by atoms with Gasteiger partial charge in [-0.15, -0.1) is 0 Å². The van der Waals surface area contributed by atoms with Crippen LogP contribution in [0.5, 0.6) is 0 Å². The van der Waals surface area contributed by atoms with E-state index in [4.69, 9.17) is 22.3 Å². The van der Waals surface area contributed by atoms with Crippen LogP contribution in [0, 0.1) is 0 Å². The number of halogens is 1. The lowest BCUT2D eigenvalue weighted by Gasteiger charge is -2.34. The van der Waals surface area contributed by atoms with Crippen LogP contribution in [0.2, 0.25) is 5.02 Å². The summed E-state index contributed by atoms with van der Waals surface area (Å²) >= 11 is 6.33. The first-order valence-electron chi connectivity index (χ1n) is 9.77. The van der Waals surface area contributed by atoms with Crippen LogP contribution in [-0.2, 0) is 6.54 Å². The van der Waals surface area contributed by atoms with Crippen molar-refractivity contribution in [3.8, 4) is 0 Å². The van der Waals surface area contributed by atoms with Gasteiger partial charge in [-0.2, -0.15) is 0 Å². The molecule has 146 valence electrons. The van der Waals surface area contributed by atoms with Crippen molar-refractivity contribution >= 4 is 22.5 Å². The monoisotopic (exact) mass is 396 g/mol. The minimum Gasteiger partial charge on any atom is -0.322 e. The summed E-state index contributed by atoms with van der Waals surface area (Å²) in [6.45, 7) is 4.68. The van der Waals surface area contributed by atoms with Crippen LogP contribution in [0.3, 0.4) is 0 Å². The van der Waals surface area contributed by atoms with Gasteiger partial charge in [0.15, 0.2) is 0 Å². The second kappa shape index (κ2) is 8.03. The van der Waals surface area contributed by atoms with E-state index in [2.05, 4.69) is 29.2 Å². The Morgan fingerprint density at radius 2 is 1.86 bits per heavy atom. The van der Waals surface area contributed by atoms with Gasteiger partial charge in [-0.25, -0.2) is 4.98 Å². The number of piperidine rings is 1. The number of likely N-dealkylation sites (tertiary alicyclic amines) is 1. The second-order valence-corrected chi connectivity index (χ2v) is 7.97. The van der Waals surface area contributed by atoms with Crippen LogP contribution in [-0.4, -0.2) is 27.5 Å². The third-order valence-corrected chi connectivity index (χ3v) is 5.80. The standard InChI is InChI=1S/C22H25ClN4O/c1-15(24)21-25-19-9-5-8-18(23)20(19)22(28)27(21)17-10-12-26(13-11-17)14-16-6-3-2-4-7-16/h2-9,15,17H,10-14,24H2,1H3/t15-/m0/s1. The van der Waals surface area contributed by atoms with E-state index in [-0.39, 0.29) is 17.6 Å². The SMILES string of the molecule is C[C@H](N)c1nc2cccc(Cl)c2c(=O)n1C1CCN(Cc2ccccc2)CC1. The largest absolute Gasteiger partial charge is 0.322 e. The van der Waals surface area contributed by atoms with Gasteiger partial charge in [0.1, 0.15) is 5.82 Å². The highest BCUT2D eigenvalue weighted by atomic mass is 35.5. The zero-order valence-corrected chi connectivity index (χ0v) is 16.8. The smallest absolute Gasteiger partial charge is 0.263 e. The van der Waals surface area contributed by atoms with Crippen molar-refractivity contribution < 1.29 is 0 Å². The van der Waals surface area contributed by atoms with Gasteiger partial charge < -0.3 is 5.73 Å². The molecule has 0 aliphatic carbocycles. The van der Waals surface area contributed by atoms with E-state index in [0.717, 1.165) is 32.5 Å². The van der Waals surface area contributed by atoms with Gasteiger partial charge >= 0.3 is 0 Å². The van der Waals surface area contributed by atoms with Gasteiger partial charge in [0.2, 0.25) is 0 Å². The zero-order valence-electron chi connectivity index (χ0n) is 16.0. The summed E-state index contributed by atoms with van der Waals surface area (Å²) in [4.78, 5) is 20.4. The number of benzene rings is 2. The summed E-state index contributed by atoms with van der Waals surface area (Å²) in [5.41, 5.74) is 8.03. The summed E-state index contributed by atoms with van der Waals surface area (Å²) < 4.78 is 1.80. The van der Waals surface area contributed by atoms with Crippen LogP contribution in [0.25, 0.3) is 10.9 Å². The number of hydrogen-bond donors (Lipinski definition) is 1. The molecule has 2 aromatic carbocycles. The molecule has 1 aromatic heterocycles. The Hall–Kier alpha value is -2.21. The Morgan fingerprint density at radius 1 is 1.14 bits per heavy atom. The summed E-state index contributed by atoms with van der Waals surface area (Å²) in [5.74, 6) is 0.640. The topological polar surface area (TPSA) is 64.1 Å². The summed E-state index contributed by atoms with van der Waals surface area (Å²) in [6, 6.07) is 15.6. The average Bonchev–Trinajstić information content (AvgIpc) is 2.69. The van der Waals surface area contributed by atoms with E-state index in [1.54, 1.807) is 10.6 Å². The lowest BCUT2D eigenvalue weighted by atomic mass is 10.0. The summed E-state index contributed by atoms with van der Waals surface area (Å²) in [6.07, 6.45) is 1.79. The van der Waals surface area contributed by atoms with Gasteiger partial charge in [0.25, 0.3) is 5.56 Å².